The number of rotatable bonds is 6. The van der Waals surface area contributed by atoms with Gasteiger partial charge in [-0.2, -0.15) is 5.26 Å². The van der Waals surface area contributed by atoms with E-state index in [1.165, 1.54) is 5.56 Å². The topological polar surface area (TPSA) is 35.8 Å². The fourth-order valence-corrected chi connectivity index (χ4v) is 2.52. The van der Waals surface area contributed by atoms with Crippen molar-refractivity contribution < 1.29 is 0 Å². The van der Waals surface area contributed by atoms with Crippen molar-refractivity contribution in [2.24, 2.45) is 17.8 Å². The van der Waals surface area contributed by atoms with Crippen LogP contribution in [0.25, 0.3) is 0 Å². The van der Waals surface area contributed by atoms with Crippen LogP contribution in [0.5, 0.6) is 0 Å². The Kier molecular flexibility index (Phi) is 6.05. The first-order chi connectivity index (χ1) is 8.95. The molecule has 1 rings (SSSR count). The van der Waals surface area contributed by atoms with Gasteiger partial charge in [0.1, 0.15) is 0 Å². The Hall–Kier alpha value is -1.33. The number of nitrogens with one attached hydrogen (secondary N) is 1. The second-order valence-corrected chi connectivity index (χ2v) is 6.02. The van der Waals surface area contributed by atoms with Crippen molar-refractivity contribution in [1.82, 2.24) is 5.32 Å². The van der Waals surface area contributed by atoms with Crippen LogP contribution in [-0.2, 0) is 0 Å². The van der Waals surface area contributed by atoms with Gasteiger partial charge in [0.05, 0.1) is 11.6 Å². The lowest BCUT2D eigenvalue weighted by Crippen LogP contribution is -2.31. The molecule has 0 saturated heterocycles. The Morgan fingerprint density at radius 3 is 1.95 bits per heavy atom. The minimum atomic E-state index is 0.327. The maximum Gasteiger partial charge on any atom is 0.0991 e. The minimum absolute atomic E-state index is 0.327. The van der Waals surface area contributed by atoms with E-state index in [4.69, 9.17) is 5.26 Å². The van der Waals surface area contributed by atoms with Crippen molar-refractivity contribution in [3.8, 4) is 6.07 Å². The summed E-state index contributed by atoms with van der Waals surface area (Å²) in [6.45, 7) is 12.4. The molecule has 0 fully saturated rings. The third-order valence-corrected chi connectivity index (χ3v) is 3.91. The lowest BCUT2D eigenvalue weighted by molar-refractivity contribution is 0.268. The fraction of sp³-hybridized carbons (Fsp3) is 0.588. The van der Waals surface area contributed by atoms with Gasteiger partial charge in [0.25, 0.3) is 0 Å². The van der Waals surface area contributed by atoms with Gasteiger partial charge < -0.3 is 5.32 Å². The molecule has 0 saturated carbocycles. The van der Waals surface area contributed by atoms with Crippen molar-refractivity contribution in [2.45, 2.75) is 40.7 Å². The molecule has 2 heteroatoms. The second-order valence-electron chi connectivity index (χ2n) is 6.02. The molecule has 104 valence electrons. The summed E-state index contributed by atoms with van der Waals surface area (Å²) in [4.78, 5) is 0. The zero-order valence-corrected chi connectivity index (χ0v) is 12.8. The Balaban J connectivity index is 2.59. The molecule has 0 aliphatic heterocycles. The molecule has 0 heterocycles. The molecule has 2 nitrogen and oxygen atoms in total. The van der Waals surface area contributed by atoms with E-state index in [0.717, 1.165) is 12.1 Å². The van der Waals surface area contributed by atoms with E-state index < -0.39 is 0 Å². The van der Waals surface area contributed by atoms with E-state index >= 15 is 0 Å². The quantitative estimate of drug-likeness (QED) is 0.832. The molecule has 0 amide bonds. The SMILES string of the molecule is CC(NCC(C(C)C)C(C)C)c1ccc(C#N)cc1. The Labute approximate surface area is 117 Å². The van der Waals surface area contributed by atoms with Crippen LogP contribution >= 0.6 is 0 Å². The summed E-state index contributed by atoms with van der Waals surface area (Å²) in [5.41, 5.74) is 1.96. The van der Waals surface area contributed by atoms with Crippen molar-refractivity contribution >= 4 is 0 Å². The molecule has 1 N–H and O–H groups in total. The Morgan fingerprint density at radius 1 is 1.00 bits per heavy atom. The largest absolute Gasteiger partial charge is 0.310 e. The number of hydrogen-bond donors (Lipinski definition) is 1. The molecule has 1 unspecified atom stereocenters. The predicted octanol–water partition coefficient (Wildman–Crippen LogP) is 4.14. The summed E-state index contributed by atoms with van der Waals surface area (Å²) in [5.74, 6) is 2.09. The Bertz CT molecular complexity index is 404. The van der Waals surface area contributed by atoms with Crippen LogP contribution in [-0.4, -0.2) is 6.54 Å². The first-order valence-corrected chi connectivity index (χ1v) is 7.19. The number of nitrogens with zero attached hydrogens (tertiary/aromatic N) is 1. The van der Waals surface area contributed by atoms with Crippen LogP contribution in [0.3, 0.4) is 0 Å². The molecule has 19 heavy (non-hydrogen) atoms. The molecule has 0 aliphatic carbocycles. The summed E-state index contributed by atoms with van der Waals surface area (Å²) in [6, 6.07) is 10.3. The van der Waals surface area contributed by atoms with Crippen LogP contribution in [0.1, 0.15) is 51.8 Å². The molecule has 0 aromatic heterocycles. The highest BCUT2D eigenvalue weighted by Gasteiger charge is 2.18. The van der Waals surface area contributed by atoms with Gasteiger partial charge in [0.2, 0.25) is 0 Å². The highest BCUT2D eigenvalue weighted by atomic mass is 14.9. The summed E-state index contributed by atoms with van der Waals surface area (Å²) < 4.78 is 0. The zero-order chi connectivity index (χ0) is 14.4. The summed E-state index contributed by atoms with van der Waals surface area (Å²) >= 11 is 0. The van der Waals surface area contributed by atoms with E-state index in [0.29, 0.717) is 23.8 Å². The van der Waals surface area contributed by atoms with Gasteiger partial charge in [0, 0.05) is 6.04 Å². The first-order valence-electron chi connectivity index (χ1n) is 7.19. The third kappa shape index (κ3) is 4.69. The zero-order valence-electron chi connectivity index (χ0n) is 12.8. The smallest absolute Gasteiger partial charge is 0.0991 e. The standard InChI is InChI=1S/C17H26N2/c1-12(2)17(13(3)4)11-19-14(5)16-8-6-15(10-18)7-9-16/h6-9,12-14,17,19H,11H2,1-5H3. The molecule has 1 aromatic rings. The van der Waals surface area contributed by atoms with Gasteiger partial charge in [-0.1, -0.05) is 39.8 Å². The number of hydrogen-bond acceptors (Lipinski definition) is 2. The molecule has 1 atom stereocenters. The van der Waals surface area contributed by atoms with Crippen LogP contribution in [0, 0.1) is 29.1 Å². The maximum absolute atomic E-state index is 8.80. The van der Waals surface area contributed by atoms with E-state index in [9.17, 15) is 0 Å². The van der Waals surface area contributed by atoms with Crippen LogP contribution in [0.2, 0.25) is 0 Å². The van der Waals surface area contributed by atoms with Crippen molar-refractivity contribution in [1.29, 1.82) is 5.26 Å². The summed E-state index contributed by atoms with van der Waals surface area (Å²) in [6.07, 6.45) is 0. The number of nitriles is 1. The van der Waals surface area contributed by atoms with Gasteiger partial charge in [-0.05, 0) is 48.9 Å². The maximum atomic E-state index is 8.80. The van der Waals surface area contributed by atoms with E-state index in [-0.39, 0.29) is 0 Å². The highest BCUT2D eigenvalue weighted by molar-refractivity contribution is 5.32. The highest BCUT2D eigenvalue weighted by Crippen LogP contribution is 2.21. The van der Waals surface area contributed by atoms with Crippen molar-refractivity contribution in [3.63, 3.8) is 0 Å². The monoisotopic (exact) mass is 258 g/mol. The van der Waals surface area contributed by atoms with Gasteiger partial charge in [-0.3, -0.25) is 0 Å². The van der Waals surface area contributed by atoms with Gasteiger partial charge in [-0.25, -0.2) is 0 Å². The lowest BCUT2D eigenvalue weighted by atomic mass is 9.85. The van der Waals surface area contributed by atoms with E-state index in [1.807, 2.05) is 24.3 Å². The molecule has 0 aliphatic rings. The lowest BCUT2D eigenvalue weighted by Gasteiger charge is -2.27. The molecular formula is C17H26N2. The van der Waals surface area contributed by atoms with Crippen molar-refractivity contribution in [3.05, 3.63) is 35.4 Å². The molecule has 0 bridgehead atoms. The second kappa shape index (κ2) is 7.31. The van der Waals surface area contributed by atoms with Crippen LogP contribution in [0.15, 0.2) is 24.3 Å². The third-order valence-electron chi connectivity index (χ3n) is 3.91. The van der Waals surface area contributed by atoms with Gasteiger partial charge in [0.15, 0.2) is 0 Å². The fourth-order valence-electron chi connectivity index (χ4n) is 2.52. The molecule has 0 spiro atoms. The van der Waals surface area contributed by atoms with Crippen molar-refractivity contribution in [2.75, 3.05) is 6.54 Å². The minimum Gasteiger partial charge on any atom is -0.310 e. The number of benzene rings is 1. The van der Waals surface area contributed by atoms with E-state index in [2.05, 4.69) is 46.0 Å². The van der Waals surface area contributed by atoms with Crippen LogP contribution in [0.4, 0.5) is 0 Å². The van der Waals surface area contributed by atoms with Gasteiger partial charge in [-0.15, -0.1) is 0 Å². The summed E-state index contributed by atoms with van der Waals surface area (Å²) in [7, 11) is 0. The molecular weight excluding hydrogens is 232 g/mol. The Morgan fingerprint density at radius 2 is 1.53 bits per heavy atom. The normalized spacial score (nSPS) is 13.0. The van der Waals surface area contributed by atoms with E-state index in [1.54, 1.807) is 0 Å². The first kappa shape index (κ1) is 15.7. The average molecular weight is 258 g/mol. The molecule has 0 radical (unpaired) electrons. The predicted molar refractivity (Wildman–Crippen MR) is 80.7 cm³/mol. The van der Waals surface area contributed by atoms with Gasteiger partial charge >= 0.3 is 0 Å². The molecule has 1 aromatic carbocycles. The van der Waals surface area contributed by atoms with Crippen LogP contribution < -0.4 is 5.32 Å². The average Bonchev–Trinajstić information content (AvgIpc) is 2.38. The summed E-state index contributed by atoms with van der Waals surface area (Å²) in [5, 5.41) is 12.4.